The molecule has 3 rings (SSSR count). The van der Waals surface area contributed by atoms with Gasteiger partial charge < -0.3 is 14.6 Å². The Morgan fingerprint density at radius 2 is 2.16 bits per heavy atom. The second kappa shape index (κ2) is 4.74. The lowest BCUT2D eigenvalue weighted by atomic mass is 10.1. The summed E-state index contributed by atoms with van der Waals surface area (Å²) < 4.78 is 11.7. The van der Waals surface area contributed by atoms with Crippen LogP contribution in [0.25, 0.3) is 0 Å². The number of hydrogen-bond donors (Lipinski definition) is 1. The molecule has 0 spiro atoms. The Bertz CT molecular complexity index is 653. The van der Waals surface area contributed by atoms with Gasteiger partial charge in [-0.1, -0.05) is 6.07 Å². The van der Waals surface area contributed by atoms with Crippen LogP contribution in [0.4, 0.5) is 0 Å². The molecule has 6 nitrogen and oxygen atoms in total. The first-order valence-corrected chi connectivity index (χ1v) is 5.84. The summed E-state index contributed by atoms with van der Waals surface area (Å²) in [5, 5.41) is 14.0. The summed E-state index contributed by atoms with van der Waals surface area (Å²) in [6, 6.07) is 8.15. The summed E-state index contributed by atoms with van der Waals surface area (Å²) in [5.41, 5.74) is 0.407. The van der Waals surface area contributed by atoms with E-state index < -0.39 is 6.10 Å². The van der Waals surface area contributed by atoms with E-state index in [9.17, 15) is 9.90 Å². The first-order chi connectivity index (χ1) is 9.24. The number of hydrogen-bond acceptors (Lipinski definition) is 5. The van der Waals surface area contributed by atoms with Crippen LogP contribution < -0.4 is 15.0 Å². The van der Waals surface area contributed by atoms with Crippen LogP contribution in [0.15, 0.2) is 41.3 Å². The van der Waals surface area contributed by atoms with E-state index in [0.29, 0.717) is 17.1 Å². The highest BCUT2D eigenvalue weighted by atomic mass is 16.7. The maximum Gasteiger partial charge on any atom is 0.266 e. The van der Waals surface area contributed by atoms with E-state index in [0.717, 1.165) is 0 Å². The number of nitrogens with zero attached hydrogens (tertiary/aromatic N) is 2. The fraction of sp³-hybridized carbons (Fsp3) is 0.231. The molecule has 1 aromatic carbocycles. The van der Waals surface area contributed by atoms with E-state index in [-0.39, 0.29) is 18.9 Å². The van der Waals surface area contributed by atoms with Gasteiger partial charge in [0, 0.05) is 12.3 Å². The summed E-state index contributed by atoms with van der Waals surface area (Å²) in [6.45, 7) is 0.286. The number of fused-ring (bicyclic) bond motifs is 1. The van der Waals surface area contributed by atoms with Gasteiger partial charge in [-0.3, -0.25) is 4.79 Å². The molecular formula is C13H12N2O4. The Morgan fingerprint density at radius 3 is 3.00 bits per heavy atom. The average molecular weight is 260 g/mol. The largest absolute Gasteiger partial charge is 0.454 e. The van der Waals surface area contributed by atoms with E-state index in [2.05, 4.69) is 5.10 Å². The fourth-order valence-corrected chi connectivity index (χ4v) is 1.91. The Hall–Kier alpha value is -2.34. The predicted molar refractivity (Wildman–Crippen MR) is 66.0 cm³/mol. The van der Waals surface area contributed by atoms with Crippen molar-refractivity contribution in [2.75, 3.05) is 6.79 Å². The maximum absolute atomic E-state index is 11.5. The molecule has 0 amide bonds. The summed E-state index contributed by atoms with van der Waals surface area (Å²) in [7, 11) is 0. The lowest BCUT2D eigenvalue weighted by Crippen LogP contribution is -2.24. The summed E-state index contributed by atoms with van der Waals surface area (Å²) in [5.74, 6) is 1.26. The zero-order valence-electron chi connectivity index (χ0n) is 10.0. The lowest BCUT2D eigenvalue weighted by molar-refractivity contribution is 0.148. The minimum atomic E-state index is -0.831. The van der Waals surface area contributed by atoms with Gasteiger partial charge in [0.1, 0.15) is 0 Å². The molecule has 1 unspecified atom stereocenters. The molecule has 0 saturated heterocycles. The van der Waals surface area contributed by atoms with Gasteiger partial charge in [-0.15, -0.1) is 0 Å². The van der Waals surface area contributed by atoms with E-state index in [1.165, 1.54) is 16.9 Å². The van der Waals surface area contributed by atoms with Crippen molar-refractivity contribution in [1.29, 1.82) is 0 Å². The normalized spacial score (nSPS) is 14.4. The minimum Gasteiger partial charge on any atom is -0.454 e. The topological polar surface area (TPSA) is 73.6 Å². The second-order valence-electron chi connectivity index (χ2n) is 4.17. The monoisotopic (exact) mass is 260 g/mol. The molecular weight excluding hydrogens is 248 g/mol. The van der Waals surface area contributed by atoms with Crippen molar-refractivity contribution in [3.63, 3.8) is 0 Å². The van der Waals surface area contributed by atoms with Crippen LogP contribution in [0, 0.1) is 0 Å². The second-order valence-corrected chi connectivity index (χ2v) is 4.17. The number of aromatic nitrogens is 2. The van der Waals surface area contributed by atoms with Crippen molar-refractivity contribution in [1.82, 2.24) is 9.78 Å². The third-order valence-electron chi connectivity index (χ3n) is 2.91. The van der Waals surface area contributed by atoms with E-state index in [1.54, 1.807) is 24.3 Å². The van der Waals surface area contributed by atoms with Gasteiger partial charge in [0.15, 0.2) is 11.5 Å². The van der Waals surface area contributed by atoms with Crippen LogP contribution in [-0.2, 0) is 6.54 Å². The first kappa shape index (κ1) is 11.7. The number of aliphatic hydroxyl groups excluding tert-OH is 1. The molecule has 0 saturated carbocycles. The molecule has 1 aliphatic rings. The highest BCUT2D eigenvalue weighted by Gasteiger charge is 2.17. The van der Waals surface area contributed by atoms with Crippen molar-refractivity contribution in [3.05, 3.63) is 52.4 Å². The summed E-state index contributed by atoms with van der Waals surface area (Å²) in [4.78, 5) is 11.5. The molecule has 1 N–H and O–H groups in total. The lowest BCUT2D eigenvalue weighted by Gasteiger charge is -2.12. The molecule has 98 valence electrons. The zero-order chi connectivity index (χ0) is 13.2. The quantitative estimate of drug-likeness (QED) is 0.879. The Kier molecular flexibility index (Phi) is 2.92. The molecule has 1 atom stereocenters. The third kappa shape index (κ3) is 2.30. The van der Waals surface area contributed by atoms with Crippen molar-refractivity contribution in [3.8, 4) is 11.5 Å². The molecule has 1 aliphatic heterocycles. The van der Waals surface area contributed by atoms with Gasteiger partial charge >= 0.3 is 0 Å². The SMILES string of the molecule is O=c1cccnn1CC(O)c1ccc2c(c1)OCO2. The standard InChI is InChI=1S/C13H12N2O4/c16-10(7-15-13(17)2-1-5-14-15)9-3-4-11-12(6-9)19-8-18-11/h1-6,10,16H,7-8H2. The summed E-state index contributed by atoms with van der Waals surface area (Å²) >= 11 is 0. The smallest absolute Gasteiger partial charge is 0.266 e. The Morgan fingerprint density at radius 1 is 1.32 bits per heavy atom. The van der Waals surface area contributed by atoms with Gasteiger partial charge in [0.25, 0.3) is 5.56 Å². The van der Waals surface area contributed by atoms with Crippen molar-refractivity contribution < 1.29 is 14.6 Å². The summed E-state index contributed by atoms with van der Waals surface area (Å²) in [6.07, 6.45) is 0.676. The predicted octanol–water partition coefficient (Wildman–Crippen LogP) is 0.706. The minimum absolute atomic E-state index is 0.0965. The fourth-order valence-electron chi connectivity index (χ4n) is 1.91. The van der Waals surface area contributed by atoms with Gasteiger partial charge in [0.2, 0.25) is 6.79 Å². The third-order valence-corrected chi connectivity index (χ3v) is 2.91. The van der Waals surface area contributed by atoms with Gasteiger partial charge in [-0.2, -0.15) is 5.10 Å². The molecule has 2 aromatic rings. The molecule has 19 heavy (non-hydrogen) atoms. The molecule has 0 aliphatic carbocycles. The molecule has 0 bridgehead atoms. The van der Waals surface area contributed by atoms with Crippen LogP contribution in [0.2, 0.25) is 0 Å². The van der Waals surface area contributed by atoms with Crippen LogP contribution >= 0.6 is 0 Å². The number of aliphatic hydroxyl groups is 1. The van der Waals surface area contributed by atoms with Gasteiger partial charge in [-0.05, 0) is 23.8 Å². The maximum atomic E-state index is 11.5. The number of ether oxygens (including phenoxy) is 2. The van der Waals surface area contributed by atoms with Gasteiger partial charge in [0.05, 0.1) is 12.6 Å². The van der Waals surface area contributed by atoms with E-state index in [1.807, 2.05) is 0 Å². The highest BCUT2D eigenvalue weighted by Crippen LogP contribution is 2.34. The van der Waals surface area contributed by atoms with Crippen LogP contribution in [0.5, 0.6) is 11.5 Å². The van der Waals surface area contributed by atoms with Gasteiger partial charge in [-0.25, -0.2) is 4.68 Å². The van der Waals surface area contributed by atoms with Crippen molar-refractivity contribution >= 4 is 0 Å². The number of benzene rings is 1. The van der Waals surface area contributed by atoms with E-state index in [4.69, 9.17) is 9.47 Å². The van der Waals surface area contributed by atoms with Crippen LogP contribution in [0.3, 0.4) is 0 Å². The Labute approximate surface area is 108 Å². The van der Waals surface area contributed by atoms with Crippen LogP contribution in [-0.4, -0.2) is 21.7 Å². The molecule has 0 radical (unpaired) electrons. The Balaban J connectivity index is 1.83. The van der Waals surface area contributed by atoms with E-state index >= 15 is 0 Å². The first-order valence-electron chi connectivity index (χ1n) is 5.84. The molecule has 2 heterocycles. The number of rotatable bonds is 3. The van der Waals surface area contributed by atoms with Crippen molar-refractivity contribution in [2.45, 2.75) is 12.6 Å². The molecule has 0 fully saturated rings. The van der Waals surface area contributed by atoms with Crippen LogP contribution in [0.1, 0.15) is 11.7 Å². The molecule has 1 aromatic heterocycles. The highest BCUT2D eigenvalue weighted by molar-refractivity contribution is 5.45. The zero-order valence-corrected chi connectivity index (χ0v) is 10.0. The molecule has 6 heteroatoms. The average Bonchev–Trinajstić information content (AvgIpc) is 2.88. The van der Waals surface area contributed by atoms with Crippen molar-refractivity contribution in [2.24, 2.45) is 0 Å².